The van der Waals surface area contributed by atoms with E-state index >= 15 is 0 Å². The summed E-state index contributed by atoms with van der Waals surface area (Å²) < 4.78 is 27.4. The van der Waals surface area contributed by atoms with Crippen LogP contribution in [0.2, 0.25) is 0 Å². The zero-order chi connectivity index (χ0) is 9.90. The standard InChI is InChI=1S/C9H16O3S/c1-8(2)12-7-9-3-5-13(10,11)6-4-9/h9H,1,3-7H2,2H3. The van der Waals surface area contributed by atoms with Gasteiger partial charge in [-0.15, -0.1) is 0 Å². The average Bonchev–Trinajstić information content (AvgIpc) is 2.02. The Labute approximate surface area is 79.7 Å². The van der Waals surface area contributed by atoms with Crippen LogP contribution >= 0.6 is 0 Å². The third-order valence-corrected chi connectivity index (χ3v) is 3.96. The normalized spacial score (nSPS) is 22.5. The number of sulfone groups is 1. The van der Waals surface area contributed by atoms with Crippen LogP contribution in [0.5, 0.6) is 0 Å². The molecule has 0 saturated carbocycles. The van der Waals surface area contributed by atoms with Crippen LogP contribution < -0.4 is 0 Å². The lowest BCUT2D eigenvalue weighted by Gasteiger charge is -2.21. The van der Waals surface area contributed by atoms with Crippen molar-refractivity contribution in [2.45, 2.75) is 19.8 Å². The lowest BCUT2D eigenvalue weighted by Crippen LogP contribution is -2.25. The molecule has 76 valence electrons. The largest absolute Gasteiger partial charge is 0.499 e. The second kappa shape index (κ2) is 4.13. The molecule has 4 heteroatoms. The van der Waals surface area contributed by atoms with E-state index in [1.807, 2.05) is 0 Å². The van der Waals surface area contributed by atoms with Crippen molar-refractivity contribution in [1.29, 1.82) is 0 Å². The number of allylic oxidation sites excluding steroid dienone is 1. The van der Waals surface area contributed by atoms with Crippen molar-refractivity contribution in [3.63, 3.8) is 0 Å². The molecular weight excluding hydrogens is 188 g/mol. The maximum atomic E-state index is 11.1. The summed E-state index contributed by atoms with van der Waals surface area (Å²) in [6.45, 7) is 6.05. The molecular formula is C9H16O3S. The third-order valence-electron chi connectivity index (χ3n) is 2.24. The van der Waals surface area contributed by atoms with Crippen LogP contribution in [0, 0.1) is 5.92 Å². The van der Waals surface area contributed by atoms with Crippen molar-refractivity contribution in [3.8, 4) is 0 Å². The van der Waals surface area contributed by atoms with E-state index in [1.165, 1.54) is 0 Å². The van der Waals surface area contributed by atoms with Gasteiger partial charge in [0.1, 0.15) is 9.84 Å². The first kappa shape index (κ1) is 10.6. The summed E-state index contributed by atoms with van der Waals surface area (Å²) in [6.07, 6.45) is 1.46. The van der Waals surface area contributed by atoms with Gasteiger partial charge in [0.05, 0.1) is 23.9 Å². The quantitative estimate of drug-likeness (QED) is 0.652. The Bertz CT molecular complexity index is 265. The maximum Gasteiger partial charge on any atom is 0.150 e. The summed E-state index contributed by atoms with van der Waals surface area (Å²) in [5, 5.41) is 0. The Morgan fingerprint density at radius 1 is 1.46 bits per heavy atom. The third kappa shape index (κ3) is 3.81. The van der Waals surface area contributed by atoms with Crippen molar-refractivity contribution in [2.24, 2.45) is 5.92 Å². The Morgan fingerprint density at radius 2 is 2.00 bits per heavy atom. The van der Waals surface area contributed by atoms with Crippen molar-refractivity contribution < 1.29 is 13.2 Å². The van der Waals surface area contributed by atoms with Gasteiger partial charge in [-0.1, -0.05) is 6.58 Å². The molecule has 13 heavy (non-hydrogen) atoms. The fourth-order valence-electron chi connectivity index (χ4n) is 1.37. The number of ether oxygens (including phenoxy) is 1. The van der Waals surface area contributed by atoms with Gasteiger partial charge in [0.2, 0.25) is 0 Å². The van der Waals surface area contributed by atoms with E-state index in [-0.39, 0.29) is 0 Å². The SMILES string of the molecule is C=C(C)OCC1CCS(=O)(=O)CC1. The summed E-state index contributed by atoms with van der Waals surface area (Å²) in [5.41, 5.74) is 0. The zero-order valence-electron chi connectivity index (χ0n) is 7.95. The highest BCUT2D eigenvalue weighted by molar-refractivity contribution is 7.91. The van der Waals surface area contributed by atoms with E-state index in [9.17, 15) is 8.42 Å². The molecule has 1 fully saturated rings. The first-order valence-corrected chi connectivity index (χ1v) is 6.30. The second-order valence-electron chi connectivity index (χ2n) is 3.61. The molecule has 0 radical (unpaired) electrons. The Balaban J connectivity index is 2.29. The molecule has 1 aliphatic heterocycles. The average molecular weight is 204 g/mol. The summed E-state index contributed by atoms with van der Waals surface area (Å²) in [6, 6.07) is 0. The second-order valence-corrected chi connectivity index (χ2v) is 5.91. The van der Waals surface area contributed by atoms with Crippen LogP contribution in [-0.2, 0) is 14.6 Å². The molecule has 0 unspecified atom stereocenters. The van der Waals surface area contributed by atoms with Crippen LogP contribution in [0.25, 0.3) is 0 Å². The lowest BCUT2D eigenvalue weighted by atomic mass is 10.0. The first-order valence-electron chi connectivity index (χ1n) is 4.48. The summed E-state index contributed by atoms with van der Waals surface area (Å²) in [7, 11) is -2.73. The predicted octanol–water partition coefficient (Wildman–Crippen LogP) is 1.36. The Morgan fingerprint density at radius 3 is 2.46 bits per heavy atom. The molecule has 0 aromatic rings. The highest BCUT2D eigenvalue weighted by Gasteiger charge is 2.23. The van der Waals surface area contributed by atoms with Crippen molar-refractivity contribution in [3.05, 3.63) is 12.3 Å². The van der Waals surface area contributed by atoms with Gasteiger partial charge in [0.15, 0.2) is 0 Å². The van der Waals surface area contributed by atoms with E-state index in [0.717, 1.165) is 12.8 Å². The molecule has 0 atom stereocenters. The first-order chi connectivity index (χ1) is 5.99. The monoisotopic (exact) mass is 204 g/mol. The van der Waals surface area contributed by atoms with Crippen molar-refractivity contribution in [2.75, 3.05) is 18.1 Å². The fraction of sp³-hybridized carbons (Fsp3) is 0.778. The Kier molecular flexibility index (Phi) is 3.36. The molecule has 3 nitrogen and oxygen atoms in total. The summed E-state index contributed by atoms with van der Waals surface area (Å²) >= 11 is 0. The minimum atomic E-state index is -2.73. The number of hydrogen-bond donors (Lipinski definition) is 0. The van der Waals surface area contributed by atoms with E-state index in [2.05, 4.69) is 6.58 Å². The van der Waals surface area contributed by atoms with Gasteiger partial charge in [-0.2, -0.15) is 0 Å². The Hall–Kier alpha value is -0.510. The van der Waals surface area contributed by atoms with E-state index in [0.29, 0.717) is 29.8 Å². The van der Waals surface area contributed by atoms with Crippen LogP contribution in [0.15, 0.2) is 12.3 Å². The zero-order valence-corrected chi connectivity index (χ0v) is 8.77. The van der Waals surface area contributed by atoms with Crippen LogP contribution in [0.1, 0.15) is 19.8 Å². The highest BCUT2D eigenvalue weighted by atomic mass is 32.2. The van der Waals surface area contributed by atoms with Crippen molar-refractivity contribution in [1.82, 2.24) is 0 Å². The van der Waals surface area contributed by atoms with Gasteiger partial charge in [-0.3, -0.25) is 0 Å². The van der Waals surface area contributed by atoms with Gasteiger partial charge in [-0.25, -0.2) is 8.42 Å². The smallest absolute Gasteiger partial charge is 0.150 e. The van der Waals surface area contributed by atoms with Gasteiger partial charge in [-0.05, 0) is 25.7 Å². The lowest BCUT2D eigenvalue weighted by molar-refractivity contribution is 0.161. The summed E-state index contributed by atoms with van der Waals surface area (Å²) in [4.78, 5) is 0. The predicted molar refractivity (Wildman–Crippen MR) is 52.1 cm³/mol. The van der Waals surface area contributed by atoms with Crippen LogP contribution in [0.3, 0.4) is 0 Å². The fourth-order valence-corrected chi connectivity index (χ4v) is 2.95. The van der Waals surface area contributed by atoms with Gasteiger partial charge >= 0.3 is 0 Å². The molecule has 0 N–H and O–H groups in total. The maximum absolute atomic E-state index is 11.1. The minimum Gasteiger partial charge on any atom is -0.499 e. The molecule has 0 amide bonds. The van der Waals surface area contributed by atoms with Crippen LogP contribution in [0.4, 0.5) is 0 Å². The van der Waals surface area contributed by atoms with Gasteiger partial charge < -0.3 is 4.74 Å². The molecule has 1 aliphatic rings. The molecule has 0 bridgehead atoms. The molecule has 0 aromatic carbocycles. The summed E-state index contributed by atoms with van der Waals surface area (Å²) in [5.74, 6) is 1.72. The van der Waals surface area contributed by atoms with E-state index in [4.69, 9.17) is 4.74 Å². The van der Waals surface area contributed by atoms with E-state index in [1.54, 1.807) is 6.92 Å². The molecule has 1 rings (SSSR count). The molecule has 1 saturated heterocycles. The molecule has 0 aliphatic carbocycles. The molecule has 1 heterocycles. The number of hydrogen-bond acceptors (Lipinski definition) is 3. The van der Waals surface area contributed by atoms with Gasteiger partial charge in [0, 0.05) is 0 Å². The van der Waals surface area contributed by atoms with Crippen LogP contribution in [-0.4, -0.2) is 26.5 Å². The molecule has 0 aromatic heterocycles. The highest BCUT2D eigenvalue weighted by Crippen LogP contribution is 2.19. The van der Waals surface area contributed by atoms with E-state index < -0.39 is 9.84 Å². The topological polar surface area (TPSA) is 43.4 Å². The van der Waals surface area contributed by atoms with Crippen molar-refractivity contribution >= 4 is 9.84 Å². The number of rotatable bonds is 3. The minimum absolute atomic E-state index is 0.317. The van der Waals surface area contributed by atoms with Gasteiger partial charge in [0.25, 0.3) is 0 Å². The molecule has 0 spiro atoms.